The molecule has 0 aromatic heterocycles. The number of aliphatic carboxylic acids is 1. The van der Waals surface area contributed by atoms with Gasteiger partial charge < -0.3 is 20.2 Å². The maximum atomic E-state index is 12.1. The fraction of sp³-hybridized carbons (Fsp3) is 0.857. The zero-order chi connectivity index (χ0) is 15.2. The van der Waals surface area contributed by atoms with Gasteiger partial charge in [-0.1, -0.05) is 0 Å². The number of likely N-dealkylation sites (tertiary alicyclic amines) is 1. The molecule has 1 rings (SSSR count). The Morgan fingerprint density at radius 2 is 1.85 bits per heavy atom. The number of nitrogens with one attached hydrogen (secondary N) is 1. The number of amides is 2. The van der Waals surface area contributed by atoms with Gasteiger partial charge in [0.05, 0.1) is 0 Å². The molecule has 1 aliphatic heterocycles. The van der Waals surface area contributed by atoms with Crippen LogP contribution in [0.4, 0.5) is 4.79 Å². The van der Waals surface area contributed by atoms with E-state index in [1.807, 2.05) is 20.8 Å². The van der Waals surface area contributed by atoms with Crippen LogP contribution in [0.15, 0.2) is 0 Å². The third kappa shape index (κ3) is 5.77. The molecule has 1 aliphatic rings. The molecule has 0 bridgehead atoms. The van der Waals surface area contributed by atoms with E-state index in [-0.39, 0.29) is 12.6 Å². The van der Waals surface area contributed by atoms with Crippen molar-refractivity contribution in [1.29, 1.82) is 0 Å². The third-order valence-corrected chi connectivity index (χ3v) is 3.47. The quantitative estimate of drug-likeness (QED) is 0.723. The van der Waals surface area contributed by atoms with Crippen LogP contribution in [0.3, 0.4) is 0 Å². The van der Waals surface area contributed by atoms with E-state index in [0.29, 0.717) is 6.54 Å². The Morgan fingerprint density at radius 1 is 1.25 bits per heavy atom. The Balaban J connectivity index is 2.32. The van der Waals surface area contributed by atoms with Gasteiger partial charge in [-0.3, -0.25) is 4.79 Å². The van der Waals surface area contributed by atoms with E-state index in [0.717, 1.165) is 26.1 Å². The molecule has 0 aliphatic carbocycles. The largest absolute Gasteiger partial charge is 0.480 e. The summed E-state index contributed by atoms with van der Waals surface area (Å²) in [4.78, 5) is 26.6. The van der Waals surface area contributed by atoms with Crippen LogP contribution in [0.1, 0.15) is 40.0 Å². The summed E-state index contributed by atoms with van der Waals surface area (Å²) in [7, 11) is 0. The van der Waals surface area contributed by atoms with Crippen LogP contribution in [0.25, 0.3) is 0 Å². The summed E-state index contributed by atoms with van der Waals surface area (Å²) in [5.74, 6) is -0.993. The molecule has 0 unspecified atom stereocenters. The Labute approximate surface area is 121 Å². The monoisotopic (exact) mass is 285 g/mol. The van der Waals surface area contributed by atoms with Crippen molar-refractivity contribution in [2.24, 2.45) is 0 Å². The lowest BCUT2D eigenvalue weighted by atomic mass is 10.1. The van der Waals surface area contributed by atoms with Crippen LogP contribution in [-0.2, 0) is 4.79 Å². The molecule has 2 N–H and O–H groups in total. The van der Waals surface area contributed by atoms with Crippen molar-refractivity contribution in [2.45, 2.75) is 45.6 Å². The van der Waals surface area contributed by atoms with Gasteiger partial charge in [0.2, 0.25) is 0 Å². The van der Waals surface area contributed by atoms with Crippen molar-refractivity contribution in [3.63, 3.8) is 0 Å². The van der Waals surface area contributed by atoms with Crippen LogP contribution < -0.4 is 5.32 Å². The van der Waals surface area contributed by atoms with Crippen molar-refractivity contribution in [3.05, 3.63) is 0 Å². The normalized spacial score (nSPS) is 16.1. The molecule has 2 amide bonds. The summed E-state index contributed by atoms with van der Waals surface area (Å²) in [6.45, 7) is 9.11. The van der Waals surface area contributed by atoms with E-state index < -0.39 is 11.5 Å². The zero-order valence-electron chi connectivity index (χ0n) is 12.8. The first-order valence-electron chi connectivity index (χ1n) is 7.30. The Bertz CT molecular complexity index is 333. The maximum Gasteiger partial charge on any atom is 0.323 e. The number of hydrogen-bond acceptors (Lipinski definition) is 3. The molecule has 1 fully saturated rings. The van der Waals surface area contributed by atoms with E-state index in [4.69, 9.17) is 5.11 Å². The summed E-state index contributed by atoms with van der Waals surface area (Å²) < 4.78 is 0. The molecule has 1 heterocycles. The van der Waals surface area contributed by atoms with E-state index in [1.165, 1.54) is 17.7 Å². The summed E-state index contributed by atoms with van der Waals surface area (Å²) in [6, 6.07) is -0.304. The van der Waals surface area contributed by atoms with Crippen molar-refractivity contribution in [1.82, 2.24) is 15.1 Å². The molecule has 0 spiro atoms. The van der Waals surface area contributed by atoms with E-state index in [9.17, 15) is 9.59 Å². The predicted molar refractivity (Wildman–Crippen MR) is 77.8 cm³/mol. The molecule has 0 atom stereocenters. The number of carboxylic acids is 1. The molecule has 0 aromatic carbocycles. The minimum Gasteiger partial charge on any atom is -0.480 e. The first kappa shape index (κ1) is 16.8. The van der Waals surface area contributed by atoms with Gasteiger partial charge in [0.1, 0.15) is 6.54 Å². The number of carbonyl (C=O) groups is 2. The smallest absolute Gasteiger partial charge is 0.323 e. The predicted octanol–water partition coefficient (Wildman–Crippen LogP) is 1.37. The van der Waals surface area contributed by atoms with Crippen molar-refractivity contribution in [3.8, 4) is 0 Å². The second kappa shape index (κ2) is 7.47. The number of nitrogens with zero attached hydrogens (tertiary/aromatic N) is 2. The second-order valence-corrected chi connectivity index (χ2v) is 6.28. The van der Waals surface area contributed by atoms with E-state index >= 15 is 0 Å². The molecule has 20 heavy (non-hydrogen) atoms. The van der Waals surface area contributed by atoms with E-state index in [2.05, 4.69) is 10.2 Å². The summed E-state index contributed by atoms with van der Waals surface area (Å²) in [6.07, 6.45) is 3.43. The van der Waals surface area contributed by atoms with Gasteiger partial charge in [-0.05, 0) is 59.7 Å². The summed E-state index contributed by atoms with van der Waals surface area (Å²) in [5.41, 5.74) is -0.503. The molecule has 0 saturated carbocycles. The summed E-state index contributed by atoms with van der Waals surface area (Å²) in [5, 5.41) is 11.7. The topological polar surface area (TPSA) is 72.9 Å². The number of hydrogen-bond donors (Lipinski definition) is 2. The Morgan fingerprint density at radius 3 is 2.35 bits per heavy atom. The van der Waals surface area contributed by atoms with Crippen LogP contribution in [0.5, 0.6) is 0 Å². The number of carboxylic acid groups (broad SMARTS) is 1. The molecule has 6 nitrogen and oxygen atoms in total. The molecule has 116 valence electrons. The van der Waals surface area contributed by atoms with Crippen molar-refractivity contribution < 1.29 is 14.7 Å². The first-order chi connectivity index (χ1) is 9.30. The second-order valence-electron chi connectivity index (χ2n) is 6.28. The van der Waals surface area contributed by atoms with Gasteiger partial charge in [0.15, 0.2) is 0 Å². The van der Waals surface area contributed by atoms with Gasteiger partial charge in [0, 0.05) is 12.1 Å². The Kier molecular flexibility index (Phi) is 6.26. The van der Waals surface area contributed by atoms with Crippen molar-refractivity contribution >= 4 is 12.0 Å². The maximum absolute atomic E-state index is 12.1. The average molecular weight is 285 g/mol. The van der Waals surface area contributed by atoms with Crippen LogP contribution >= 0.6 is 0 Å². The van der Waals surface area contributed by atoms with Crippen molar-refractivity contribution in [2.75, 3.05) is 32.7 Å². The van der Waals surface area contributed by atoms with Gasteiger partial charge >= 0.3 is 12.0 Å². The SMILES string of the molecule is CC(C)(C)N(CC(=O)O)C(=O)NCCCN1CCCC1. The fourth-order valence-corrected chi connectivity index (χ4v) is 2.35. The highest BCUT2D eigenvalue weighted by atomic mass is 16.4. The minimum atomic E-state index is -0.993. The van der Waals surface area contributed by atoms with Gasteiger partial charge in [-0.15, -0.1) is 0 Å². The highest BCUT2D eigenvalue weighted by Crippen LogP contribution is 2.13. The van der Waals surface area contributed by atoms with Gasteiger partial charge in [0.25, 0.3) is 0 Å². The van der Waals surface area contributed by atoms with Gasteiger partial charge in [-0.2, -0.15) is 0 Å². The van der Waals surface area contributed by atoms with Crippen LogP contribution in [-0.4, -0.2) is 65.2 Å². The first-order valence-corrected chi connectivity index (χ1v) is 7.30. The lowest BCUT2D eigenvalue weighted by Gasteiger charge is -2.34. The number of carbonyl (C=O) groups excluding carboxylic acids is 1. The fourth-order valence-electron chi connectivity index (χ4n) is 2.35. The van der Waals surface area contributed by atoms with E-state index in [1.54, 1.807) is 0 Å². The Hall–Kier alpha value is -1.30. The highest BCUT2D eigenvalue weighted by Gasteiger charge is 2.28. The molecule has 0 aromatic rings. The zero-order valence-corrected chi connectivity index (χ0v) is 12.8. The van der Waals surface area contributed by atoms with Crippen LogP contribution in [0, 0.1) is 0 Å². The van der Waals surface area contributed by atoms with Crippen LogP contribution in [0.2, 0.25) is 0 Å². The number of urea groups is 1. The minimum absolute atomic E-state index is 0.276. The molecule has 6 heteroatoms. The lowest BCUT2D eigenvalue weighted by Crippen LogP contribution is -2.52. The molecular weight excluding hydrogens is 258 g/mol. The lowest BCUT2D eigenvalue weighted by molar-refractivity contribution is -0.138. The highest BCUT2D eigenvalue weighted by molar-refractivity contribution is 5.80. The standard InChI is InChI=1S/C14H27N3O3/c1-14(2,3)17(11-12(18)19)13(20)15-7-6-10-16-8-4-5-9-16/h4-11H2,1-3H3,(H,15,20)(H,18,19). The van der Waals surface area contributed by atoms with Gasteiger partial charge in [-0.25, -0.2) is 4.79 Å². The summed E-state index contributed by atoms with van der Waals surface area (Å²) >= 11 is 0. The number of rotatable bonds is 6. The molecule has 1 saturated heterocycles. The molecule has 0 radical (unpaired) electrons. The third-order valence-electron chi connectivity index (χ3n) is 3.47. The average Bonchev–Trinajstić information content (AvgIpc) is 2.82. The molecular formula is C14H27N3O3.